The summed E-state index contributed by atoms with van der Waals surface area (Å²) in [5, 5.41) is 6.61. The predicted octanol–water partition coefficient (Wildman–Crippen LogP) is 2.09. The van der Waals surface area contributed by atoms with Gasteiger partial charge in [-0.1, -0.05) is 12.1 Å². The molecule has 0 amide bonds. The van der Waals surface area contributed by atoms with E-state index < -0.39 is 0 Å². The molecular weight excluding hydrogens is 419 g/mol. The average molecular weight is 450 g/mol. The van der Waals surface area contributed by atoms with Gasteiger partial charge in [0.2, 0.25) is 0 Å². The Morgan fingerprint density at radius 3 is 2.62 bits per heavy atom. The molecule has 2 N–H and O–H groups in total. The lowest BCUT2D eigenvalue weighted by Gasteiger charge is -2.15. The van der Waals surface area contributed by atoms with Crippen LogP contribution < -0.4 is 15.5 Å². The molecular formula is C17H31IN4O2. The van der Waals surface area contributed by atoms with Gasteiger partial charge in [-0.3, -0.25) is 4.99 Å². The second-order valence-electron chi connectivity index (χ2n) is 5.38. The van der Waals surface area contributed by atoms with Gasteiger partial charge in [-0.15, -0.1) is 24.0 Å². The van der Waals surface area contributed by atoms with Gasteiger partial charge in [0, 0.05) is 53.6 Å². The number of rotatable bonds is 10. The van der Waals surface area contributed by atoms with Gasteiger partial charge in [-0.2, -0.15) is 0 Å². The Morgan fingerprint density at radius 1 is 1.17 bits per heavy atom. The van der Waals surface area contributed by atoms with E-state index in [1.165, 1.54) is 11.3 Å². The maximum absolute atomic E-state index is 5.42. The second kappa shape index (κ2) is 14.3. The molecule has 0 bridgehead atoms. The van der Waals surface area contributed by atoms with Gasteiger partial charge in [0.15, 0.2) is 5.96 Å². The number of anilines is 1. The minimum atomic E-state index is 0. The summed E-state index contributed by atoms with van der Waals surface area (Å²) in [6.45, 7) is 3.57. The highest BCUT2D eigenvalue weighted by atomic mass is 127. The zero-order valence-electron chi connectivity index (χ0n) is 15.2. The molecule has 0 aliphatic carbocycles. The van der Waals surface area contributed by atoms with E-state index >= 15 is 0 Å². The van der Waals surface area contributed by atoms with Crippen molar-refractivity contribution < 1.29 is 9.47 Å². The lowest BCUT2D eigenvalue weighted by molar-refractivity contribution is 0.0698. The van der Waals surface area contributed by atoms with Gasteiger partial charge in [0.1, 0.15) is 0 Å². The number of nitrogens with zero attached hydrogens (tertiary/aromatic N) is 2. The molecule has 0 unspecified atom stereocenters. The summed E-state index contributed by atoms with van der Waals surface area (Å²) in [5.41, 5.74) is 2.42. The van der Waals surface area contributed by atoms with Crippen molar-refractivity contribution in [2.75, 3.05) is 59.5 Å². The standard InChI is InChI=1S/C17H30N4O2.HI/c1-18-17(19-9-6-10-23-12-11-22-4)20-14-15-7-5-8-16(13-15)21(2)3;/h5,7-8,13H,6,9-12,14H2,1-4H3,(H2,18,19,20);1H. The van der Waals surface area contributed by atoms with E-state index in [0.717, 1.165) is 32.1 Å². The molecule has 0 atom stereocenters. The van der Waals surface area contributed by atoms with Crippen LogP contribution in [-0.4, -0.2) is 60.6 Å². The van der Waals surface area contributed by atoms with Crippen LogP contribution in [0.25, 0.3) is 0 Å². The van der Waals surface area contributed by atoms with Crippen molar-refractivity contribution in [3.63, 3.8) is 0 Å². The molecule has 0 aromatic heterocycles. The highest BCUT2D eigenvalue weighted by Gasteiger charge is 2.00. The quantitative estimate of drug-likeness (QED) is 0.248. The lowest BCUT2D eigenvalue weighted by Crippen LogP contribution is -2.37. The molecule has 0 saturated heterocycles. The van der Waals surface area contributed by atoms with Crippen LogP contribution in [0.15, 0.2) is 29.3 Å². The average Bonchev–Trinajstić information content (AvgIpc) is 2.57. The number of aliphatic imine (C=N–C) groups is 1. The summed E-state index contributed by atoms with van der Waals surface area (Å²) in [7, 11) is 7.54. The molecule has 0 saturated carbocycles. The summed E-state index contributed by atoms with van der Waals surface area (Å²) >= 11 is 0. The molecule has 1 aromatic rings. The van der Waals surface area contributed by atoms with Crippen LogP contribution in [0.2, 0.25) is 0 Å². The van der Waals surface area contributed by atoms with Crippen LogP contribution in [0.1, 0.15) is 12.0 Å². The normalized spacial score (nSPS) is 10.9. The number of benzene rings is 1. The van der Waals surface area contributed by atoms with Crippen molar-refractivity contribution in [1.82, 2.24) is 10.6 Å². The van der Waals surface area contributed by atoms with Crippen molar-refractivity contribution in [1.29, 1.82) is 0 Å². The smallest absolute Gasteiger partial charge is 0.191 e. The van der Waals surface area contributed by atoms with E-state index in [0.29, 0.717) is 13.2 Å². The summed E-state index contributed by atoms with van der Waals surface area (Å²) in [5.74, 6) is 0.803. The van der Waals surface area contributed by atoms with E-state index in [1.54, 1.807) is 14.2 Å². The Bertz CT molecular complexity index is 470. The van der Waals surface area contributed by atoms with Crippen LogP contribution in [0.5, 0.6) is 0 Å². The Kier molecular flexibility index (Phi) is 13.7. The van der Waals surface area contributed by atoms with E-state index in [2.05, 4.69) is 44.8 Å². The summed E-state index contributed by atoms with van der Waals surface area (Å²) in [6.07, 6.45) is 0.931. The molecule has 0 aliphatic rings. The summed E-state index contributed by atoms with van der Waals surface area (Å²) in [6, 6.07) is 8.45. The maximum Gasteiger partial charge on any atom is 0.191 e. The van der Waals surface area contributed by atoms with Crippen LogP contribution in [0, 0.1) is 0 Å². The summed E-state index contributed by atoms with van der Waals surface area (Å²) in [4.78, 5) is 6.33. The number of guanidine groups is 1. The van der Waals surface area contributed by atoms with Crippen molar-refractivity contribution >= 4 is 35.6 Å². The molecule has 0 aliphatic heterocycles. The molecule has 0 spiro atoms. The second-order valence-corrected chi connectivity index (χ2v) is 5.38. The van der Waals surface area contributed by atoms with Crippen LogP contribution in [0.4, 0.5) is 5.69 Å². The van der Waals surface area contributed by atoms with Gasteiger partial charge in [-0.05, 0) is 24.1 Å². The number of methoxy groups -OCH3 is 1. The first-order chi connectivity index (χ1) is 11.2. The Labute approximate surface area is 163 Å². The fourth-order valence-corrected chi connectivity index (χ4v) is 1.98. The molecule has 7 heteroatoms. The number of hydrogen-bond donors (Lipinski definition) is 2. The monoisotopic (exact) mass is 450 g/mol. The van der Waals surface area contributed by atoms with Crippen LogP contribution in [-0.2, 0) is 16.0 Å². The zero-order chi connectivity index (χ0) is 16.9. The first-order valence-electron chi connectivity index (χ1n) is 7.95. The SMILES string of the molecule is CN=C(NCCCOCCOC)NCc1cccc(N(C)C)c1.I. The first kappa shape index (κ1) is 22.9. The third-order valence-corrected chi connectivity index (χ3v) is 3.30. The van der Waals surface area contributed by atoms with Crippen molar-refractivity contribution in [2.45, 2.75) is 13.0 Å². The summed E-state index contributed by atoms with van der Waals surface area (Å²) < 4.78 is 10.4. The van der Waals surface area contributed by atoms with Gasteiger partial charge in [-0.25, -0.2) is 0 Å². The minimum absolute atomic E-state index is 0. The molecule has 0 heterocycles. The van der Waals surface area contributed by atoms with Crippen LogP contribution >= 0.6 is 24.0 Å². The maximum atomic E-state index is 5.42. The van der Waals surface area contributed by atoms with Crippen molar-refractivity contribution in [2.24, 2.45) is 4.99 Å². The largest absolute Gasteiger partial charge is 0.382 e. The number of ether oxygens (including phenoxy) is 2. The van der Waals surface area contributed by atoms with E-state index in [4.69, 9.17) is 9.47 Å². The molecule has 1 aromatic carbocycles. The minimum Gasteiger partial charge on any atom is -0.382 e. The van der Waals surface area contributed by atoms with Crippen molar-refractivity contribution in [3.05, 3.63) is 29.8 Å². The van der Waals surface area contributed by atoms with Gasteiger partial charge in [0.05, 0.1) is 13.2 Å². The van der Waals surface area contributed by atoms with E-state index in [1.807, 2.05) is 14.1 Å². The number of nitrogens with one attached hydrogen (secondary N) is 2. The molecule has 1 rings (SSSR count). The van der Waals surface area contributed by atoms with Crippen LogP contribution in [0.3, 0.4) is 0 Å². The zero-order valence-corrected chi connectivity index (χ0v) is 17.5. The van der Waals surface area contributed by atoms with Crippen molar-refractivity contribution in [3.8, 4) is 0 Å². The highest BCUT2D eigenvalue weighted by Crippen LogP contribution is 2.12. The van der Waals surface area contributed by atoms with E-state index in [-0.39, 0.29) is 24.0 Å². The van der Waals surface area contributed by atoms with E-state index in [9.17, 15) is 0 Å². The Hall–Kier alpha value is -1.06. The van der Waals surface area contributed by atoms with Gasteiger partial charge in [0.25, 0.3) is 0 Å². The molecule has 6 nitrogen and oxygen atoms in total. The first-order valence-corrected chi connectivity index (χ1v) is 7.95. The topological polar surface area (TPSA) is 58.1 Å². The molecule has 138 valence electrons. The molecule has 0 radical (unpaired) electrons. The third-order valence-electron chi connectivity index (χ3n) is 3.30. The predicted molar refractivity (Wildman–Crippen MR) is 112 cm³/mol. The Morgan fingerprint density at radius 2 is 1.96 bits per heavy atom. The number of halogens is 1. The van der Waals surface area contributed by atoms with Gasteiger partial charge < -0.3 is 25.0 Å². The fraction of sp³-hybridized carbons (Fsp3) is 0.588. The molecule has 24 heavy (non-hydrogen) atoms. The van der Waals surface area contributed by atoms with Gasteiger partial charge >= 0.3 is 0 Å². The Balaban J connectivity index is 0.00000529. The fourth-order valence-electron chi connectivity index (χ4n) is 1.98. The lowest BCUT2D eigenvalue weighted by atomic mass is 10.2. The number of hydrogen-bond acceptors (Lipinski definition) is 4. The molecule has 0 fully saturated rings. The third kappa shape index (κ3) is 9.94. The highest BCUT2D eigenvalue weighted by molar-refractivity contribution is 14.0.